The third kappa shape index (κ3) is 2.17. The first-order valence-electron chi connectivity index (χ1n) is 4.89. The lowest BCUT2D eigenvalue weighted by Crippen LogP contribution is -2.02. The largest absolute Gasteiger partial charge is 0.497 e. The number of aliphatic hydroxyl groups excluding tert-OH is 1. The molecule has 1 atom stereocenters. The van der Waals surface area contributed by atoms with Crippen molar-refractivity contribution in [2.45, 2.75) is 6.10 Å². The summed E-state index contributed by atoms with van der Waals surface area (Å²) in [5, 5.41) is 10.0. The lowest BCUT2D eigenvalue weighted by molar-refractivity contribution is 0.214. The van der Waals surface area contributed by atoms with Gasteiger partial charge in [0.05, 0.1) is 19.0 Å². The average molecular weight is 216 g/mol. The molecule has 2 aromatic rings. The van der Waals surface area contributed by atoms with E-state index in [0.717, 1.165) is 11.3 Å². The Bertz CT molecular complexity index is 442. The van der Waals surface area contributed by atoms with Gasteiger partial charge in [-0.1, -0.05) is 12.1 Å². The molecule has 2 rings (SSSR count). The van der Waals surface area contributed by atoms with E-state index in [-0.39, 0.29) is 0 Å². The van der Waals surface area contributed by atoms with Gasteiger partial charge in [0.15, 0.2) is 0 Å². The molecule has 16 heavy (non-hydrogen) atoms. The van der Waals surface area contributed by atoms with Gasteiger partial charge in [-0.15, -0.1) is 0 Å². The molecule has 0 fully saturated rings. The van der Waals surface area contributed by atoms with Crippen LogP contribution in [0.3, 0.4) is 0 Å². The average Bonchev–Trinajstić information content (AvgIpc) is 2.39. The van der Waals surface area contributed by atoms with Gasteiger partial charge in [-0.2, -0.15) is 0 Å². The summed E-state index contributed by atoms with van der Waals surface area (Å²) in [6.07, 6.45) is 3.93. The molecule has 1 unspecified atom stereocenters. The van der Waals surface area contributed by atoms with Gasteiger partial charge in [0.25, 0.3) is 0 Å². The number of nitrogens with zero attached hydrogens (tertiary/aromatic N) is 2. The van der Waals surface area contributed by atoms with Crippen LogP contribution in [0.2, 0.25) is 0 Å². The highest BCUT2D eigenvalue weighted by molar-refractivity contribution is 5.31. The van der Waals surface area contributed by atoms with Crippen molar-refractivity contribution in [3.05, 3.63) is 54.1 Å². The summed E-state index contributed by atoms with van der Waals surface area (Å²) >= 11 is 0. The number of hydrogen-bond donors (Lipinski definition) is 1. The van der Waals surface area contributed by atoms with E-state index in [9.17, 15) is 5.11 Å². The van der Waals surface area contributed by atoms with Crippen LogP contribution in [-0.4, -0.2) is 22.2 Å². The number of aliphatic hydroxyl groups is 1. The Hall–Kier alpha value is -1.94. The Morgan fingerprint density at radius 3 is 2.50 bits per heavy atom. The molecule has 4 heteroatoms. The minimum absolute atomic E-state index is 0.535. The zero-order valence-corrected chi connectivity index (χ0v) is 8.87. The fourth-order valence-corrected chi connectivity index (χ4v) is 1.41. The summed E-state index contributed by atoms with van der Waals surface area (Å²) in [6.45, 7) is 0. The molecule has 0 bridgehead atoms. The number of hydrogen-bond acceptors (Lipinski definition) is 4. The quantitative estimate of drug-likeness (QED) is 0.846. The fourth-order valence-electron chi connectivity index (χ4n) is 1.41. The van der Waals surface area contributed by atoms with Crippen LogP contribution in [0.25, 0.3) is 0 Å². The minimum Gasteiger partial charge on any atom is -0.497 e. The topological polar surface area (TPSA) is 55.2 Å². The molecule has 0 spiro atoms. The lowest BCUT2D eigenvalue weighted by Gasteiger charge is -2.10. The second-order valence-corrected chi connectivity index (χ2v) is 3.31. The highest BCUT2D eigenvalue weighted by Crippen LogP contribution is 2.21. The maximum absolute atomic E-state index is 10.0. The maximum atomic E-state index is 10.0. The van der Waals surface area contributed by atoms with Crippen molar-refractivity contribution in [3.63, 3.8) is 0 Å². The van der Waals surface area contributed by atoms with Crippen LogP contribution in [0.5, 0.6) is 5.75 Å². The van der Waals surface area contributed by atoms with Crippen LogP contribution in [0.15, 0.2) is 42.9 Å². The van der Waals surface area contributed by atoms with Gasteiger partial charge >= 0.3 is 0 Å². The van der Waals surface area contributed by atoms with E-state index < -0.39 is 6.10 Å². The Labute approximate surface area is 93.6 Å². The summed E-state index contributed by atoms with van der Waals surface area (Å²) < 4.78 is 5.05. The van der Waals surface area contributed by atoms with Crippen LogP contribution in [0.1, 0.15) is 17.4 Å². The van der Waals surface area contributed by atoms with Crippen molar-refractivity contribution in [1.82, 2.24) is 9.97 Å². The molecule has 1 aromatic carbocycles. The predicted molar refractivity (Wildman–Crippen MR) is 59.1 cm³/mol. The number of aromatic nitrogens is 2. The summed E-state index contributed by atoms with van der Waals surface area (Å²) in [6, 6.07) is 7.21. The third-order valence-electron chi connectivity index (χ3n) is 2.29. The van der Waals surface area contributed by atoms with E-state index in [4.69, 9.17) is 4.74 Å². The molecule has 4 nitrogen and oxygen atoms in total. The van der Waals surface area contributed by atoms with E-state index in [1.54, 1.807) is 50.0 Å². The first-order valence-corrected chi connectivity index (χ1v) is 4.89. The van der Waals surface area contributed by atoms with Gasteiger partial charge in [-0.3, -0.25) is 9.97 Å². The van der Waals surface area contributed by atoms with E-state index >= 15 is 0 Å². The number of ether oxygens (including phenoxy) is 1. The van der Waals surface area contributed by atoms with Crippen molar-refractivity contribution >= 4 is 0 Å². The SMILES string of the molecule is COc1ccc(C(O)c2cnccn2)cc1. The highest BCUT2D eigenvalue weighted by Gasteiger charge is 2.11. The monoisotopic (exact) mass is 216 g/mol. The van der Waals surface area contributed by atoms with Crippen LogP contribution in [0, 0.1) is 0 Å². The summed E-state index contributed by atoms with van der Waals surface area (Å²) in [7, 11) is 1.61. The lowest BCUT2D eigenvalue weighted by atomic mass is 10.1. The molecule has 0 amide bonds. The standard InChI is InChI=1S/C12H12N2O2/c1-16-10-4-2-9(3-5-10)12(15)11-8-13-6-7-14-11/h2-8,12,15H,1H3. The smallest absolute Gasteiger partial charge is 0.123 e. The van der Waals surface area contributed by atoms with Gasteiger partial charge in [-0.05, 0) is 17.7 Å². The molecule has 1 N–H and O–H groups in total. The molecule has 0 saturated carbocycles. The molecule has 0 radical (unpaired) electrons. The van der Waals surface area contributed by atoms with Gasteiger partial charge in [0, 0.05) is 12.4 Å². The number of rotatable bonds is 3. The van der Waals surface area contributed by atoms with Gasteiger partial charge < -0.3 is 9.84 Å². The second-order valence-electron chi connectivity index (χ2n) is 3.31. The second kappa shape index (κ2) is 4.72. The molecule has 0 aliphatic heterocycles. The van der Waals surface area contributed by atoms with E-state index in [0.29, 0.717) is 5.69 Å². The predicted octanol–water partition coefficient (Wildman–Crippen LogP) is 1.57. The molecule has 0 aliphatic carbocycles. The van der Waals surface area contributed by atoms with Crippen LogP contribution >= 0.6 is 0 Å². The van der Waals surface area contributed by atoms with Crippen molar-refractivity contribution in [2.75, 3.05) is 7.11 Å². The van der Waals surface area contributed by atoms with Gasteiger partial charge in [0.2, 0.25) is 0 Å². The summed E-state index contributed by atoms with van der Waals surface area (Å²) in [5.74, 6) is 0.759. The van der Waals surface area contributed by atoms with Gasteiger partial charge in [0.1, 0.15) is 11.9 Å². The first-order chi connectivity index (χ1) is 7.81. The van der Waals surface area contributed by atoms with Gasteiger partial charge in [-0.25, -0.2) is 0 Å². The Morgan fingerprint density at radius 1 is 1.19 bits per heavy atom. The molecule has 1 heterocycles. The first kappa shape index (κ1) is 10.6. The minimum atomic E-state index is -0.750. The zero-order valence-electron chi connectivity index (χ0n) is 8.87. The fraction of sp³-hybridized carbons (Fsp3) is 0.167. The number of benzene rings is 1. The van der Waals surface area contributed by atoms with E-state index in [2.05, 4.69) is 9.97 Å². The zero-order chi connectivity index (χ0) is 11.4. The molecule has 0 saturated heterocycles. The van der Waals surface area contributed by atoms with Crippen molar-refractivity contribution in [2.24, 2.45) is 0 Å². The van der Waals surface area contributed by atoms with Crippen LogP contribution in [-0.2, 0) is 0 Å². The van der Waals surface area contributed by atoms with Crippen LogP contribution in [0.4, 0.5) is 0 Å². The molecule has 1 aromatic heterocycles. The number of methoxy groups -OCH3 is 1. The molecule has 82 valence electrons. The summed E-state index contributed by atoms with van der Waals surface area (Å²) in [5.41, 5.74) is 1.30. The third-order valence-corrected chi connectivity index (χ3v) is 2.29. The molecular weight excluding hydrogens is 204 g/mol. The van der Waals surface area contributed by atoms with E-state index in [1.807, 2.05) is 0 Å². The summed E-state index contributed by atoms with van der Waals surface area (Å²) in [4.78, 5) is 7.97. The van der Waals surface area contributed by atoms with Crippen molar-refractivity contribution < 1.29 is 9.84 Å². The Balaban J connectivity index is 2.24. The normalized spacial score (nSPS) is 12.1. The van der Waals surface area contributed by atoms with Crippen molar-refractivity contribution in [1.29, 1.82) is 0 Å². The molecular formula is C12H12N2O2. The molecule has 0 aliphatic rings. The maximum Gasteiger partial charge on any atom is 0.123 e. The van der Waals surface area contributed by atoms with Crippen molar-refractivity contribution in [3.8, 4) is 5.75 Å². The Kier molecular flexibility index (Phi) is 3.12. The Morgan fingerprint density at radius 2 is 1.94 bits per heavy atom. The van der Waals surface area contributed by atoms with E-state index in [1.165, 1.54) is 0 Å². The highest BCUT2D eigenvalue weighted by atomic mass is 16.5. The van der Waals surface area contributed by atoms with Crippen LogP contribution < -0.4 is 4.74 Å².